The largest absolute Gasteiger partial charge is 0.346 e. The molecule has 0 saturated heterocycles. The van der Waals surface area contributed by atoms with Gasteiger partial charge >= 0.3 is 0 Å². The van der Waals surface area contributed by atoms with Crippen molar-refractivity contribution in [3.63, 3.8) is 0 Å². The molecule has 1 N–H and O–H groups in total. The van der Waals surface area contributed by atoms with Crippen LogP contribution in [0.25, 0.3) is 0 Å². The fraction of sp³-hybridized carbons (Fsp3) is 0.333. The van der Waals surface area contributed by atoms with Gasteiger partial charge in [0.2, 0.25) is 11.8 Å². The van der Waals surface area contributed by atoms with Crippen molar-refractivity contribution in [2.75, 3.05) is 18.0 Å². The first kappa shape index (κ1) is 17.1. The molecule has 1 saturated carbocycles. The van der Waals surface area contributed by atoms with Crippen LogP contribution in [-0.4, -0.2) is 24.9 Å². The van der Waals surface area contributed by atoms with Crippen LogP contribution in [0.2, 0.25) is 5.02 Å². The molecule has 4 nitrogen and oxygen atoms in total. The summed E-state index contributed by atoms with van der Waals surface area (Å²) in [5.74, 6) is 0.0225. The van der Waals surface area contributed by atoms with Crippen molar-refractivity contribution in [2.24, 2.45) is 5.92 Å². The molecule has 0 radical (unpaired) electrons. The lowest BCUT2D eigenvalue weighted by Crippen LogP contribution is -2.41. The number of hydrogen-bond acceptors (Lipinski definition) is 2. The van der Waals surface area contributed by atoms with Gasteiger partial charge in [0.25, 0.3) is 0 Å². The molecule has 0 spiro atoms. The van der Waals surface area contributed by atoms with Crippen LogP contribution >= 0.6 is 11.6 Å². The van der Waals surface area contributed by atoms with E-state index in [1.54, 1.807) is 4.90 Å². The summed E-state index contributed by atoms with van der Waals surface area (Å²) >= 11 is 5.96. The number of rotatable bonds is 5. The van der Waals surface area contributed by atoms with E-state index in [1.165, 1.54) is 5.56 Å². The van der Waals surface area contributed by atoms with E-state index in [4.69, 9.17) is 11.6 Å². The van der Waals surface area contributed by atoms with Gasteiger partial charge in [0.1, 0.15) is 0 Å². The molecule has 0 aromatic heterocycles. The van der Waals surface area contributed by atoms with Gasteiger partial charge in [-0.05, 0) is 54.5 Å². The lowest BCUT2D eigenvalue weighted by atomic mass is 9.93. The smallest absolute Gasteiger partial charge is 0.246 e. The van der Waals surface area contributed by atoms with Gasteiger partial charge < -0.3 is 10.2 Å². The maximum Gasteiger partial charge on any atom is 0.246 e. The molecule has 2 aliphatic rings. The van der Waals surface area contributed by atoms with Crippen molar-refractivity contribution in [1.82, 2.24) is 5.32 Å². The molecule has 26 heavy (non-hydrogen) atoms. The number of amides is 2. The molecule has 1 heterocycles. The minimum Gasteiger partial charge on any atom is -0.346 e. The van der Waals surface area contributed by atoms with Crippen molar-refractivity contribution in [3.05, 3.63) is 64.7 Å². The minimum absolute atomic E-state index is 0.0317. The van der Waals surface area contributed by atoms with Crippen LogP contribution in [0.1, 0.15) is 29.9 Å². The van der Waals surface area contributed by atoms with Crippen LogP contribution in [-0.2, 0) is 16.0 Å². The summed E-state index contributed by atoms with van der Waals surface area (Å²) in [7, 11) is 0. The van der Waals surface area contributed by atoms with Gasteiger partial charge in [0.15, 0.2) is 0 Å². The van der Waals surface area contributed by atoms with Gasteiger partial charge in [-0.1, -0.05) is 41.9 Å². The van der Waals surface area contributed by atoms with E-state index in [1.807, 2.05) is 48.5 Å². The molecule has 1 fully saturated rings. The van der Waals surface area contributed by atoms with Crippen LogP contribution in [0, 0.1) is 5.92 Å². The molecule has 134 valence electrons. The Labute approximate surface area is 158 Å². The van der Waals surface area contributed by atoms with Crippen molar-refractivity contribution < 1.29 is 9.59 Å². The Hall–Kier alpha value is -2.33. The number of carbonyl (C=O) groups is 2. The zero-order valence-corrected chi connectivity index (χ0v) is 15.2. The molecule has 2 aromatic rings. The van der Waals surface area contributed by atoms with Crippen LogP contribution in [0.3, 0.4) is 0 Å². The highest BCUT2D eigenvalue weighted by Crippen LogP contribution is 2.43. The van der Waals surface area contributed by atoms with Gasteiger partial charge in [0.05, 0.1) is 12.5 Å². The molecule has 1 unspecified atom stereocenters. The Morgan fingerprint density at radius 3 is 2.58 bits per heavy atom. The Bertz CT molecular complexity index is 830. The fourth-order valence-electron chi connectivity index (χ4n) is 3.70. The summed E-state index contributed by atoms with van der Waals surface area (Å²) < 4.78 is 0. The number of nitrogens with one attached hydrogen (secondary N) is 1. The standard InChI is InChI=1S/C21H21ClN2O2/c22-17-9-7-16(8-10-17)20(15-5-6-15)21(26)23-13-19(25)24-12-11-14-3-1-2-4-18(14)24/h1-4,7-10,15,20H,5-6,11-13H2,(H,23,26). The maximum atomic E-state index is 12.8. The monoisotopic (exact) mass is 368 g/mol. The van der Waals surface area contributed by atoms with Crippen LogP contribution in [0.15, 0.2) is 48.5 Å². The number of nitrogens with zero attached hydrogens (tertiary/aromatic N) is 1. The Morgan fingerprint density at radius 1 is 1.12 bits per heavy atom. The van der Waals surface area contributed by atoms with Gasteiger partial charge in [-0.2, -0.15) is 0 Å². The third-order valence-corrected chi connectivity index (χ3v) is 5.46. The van der Waals surface area contributed by atoms with Crippen LogP contribution in [0.4, 0.5) is 5.69 Å². The topological polar surface area (TPSA) is 49.4 Å². The van der Waals surface area contributed by atoms with E-state index in [2.05, 4.69) is 5.32 Å². The lowest BCUT2D eigenvalue weighted by Gasteiger charge is -2.20. The minimum atomic E-state index is -0.203. The molecular formula is C21H21ClN2O2. The number of carbonyl (C=O) groups excluding carboxylic acids is 2. The zero-order chi connectivity index (χ0) is 18.1. The van der Waals surface area contributed by atoms with E-state index in [-0.39, 0.29) is 24.3 Å². The van der Waals surface area contributed by atoms with E-state index in [0.717, 1.165) is 30.5 Å². The van der Waals surface area contributed by atoms with Crippen LogP contribution < -0.4 is 10.2 Å². The average Bonchev–Trinajstić information content (AvgIpc) is 3.39. The van der Waals surface area contributed by atoms with Gasteiger partial charge in [-0.15, -0.1) is 0 Å². The molecule has 2 amide bonds. The van der Waals surface area contributed by atoms with Gasteiger partial charge in [0, 0.05) is 17.3 Å². The highest BCUT2D eigenvalue weighted by molar-refractivity contribution is 6.30. The number of halogens is 1. The molecular weight excluding hydrogens is 348 g/mol. The van der Waals surface area contributed by atoms with Crippen LogP contribution in [0.5, 0.6) is 0 Å². The molecule has 2 aromatic carbocycles. The predicted molar refractivity (Wildman–Crippen MR) is 102 cm³/mol. The summed E-state index contributed by atoms with van der Waals surface area (Å²) in [5.41, 5.74) is 3.11. The molecule has 5 heteroatoms. The number of para-hydroxylation sites is 1. The fourth-order valence-corrected chi connectivity index (χ4v) is 3.83. The maximum absolute atomic E-state index is 12.8. The zero-order valence-electron chi connectivity index (χ0n) is 14.5. The number of benzene rings is 2. The first-order valence-electron chi connectivity index (χ1n) is 9.05. The summed E-state index contributed by atoms with van der Waals surface area (Å²) in [6, 6.07) is 15.4. The first-order chi connectivity index (χ1) is 12.6. The molecule has 4 rings (SSSR count). The van der Waals surface area contributed by atoms with E-state index < -0.39 is 0 Å². The van der Waals surface area contributed by atoms with E-state index in [9.17, 15) is 9.59 Å². The van der Waals surface area contributed by atoms with Crippen molar-refractivity contribution >= 4 is 29.1 Å². The van der Waals surface area contributed by atoms with Gasteiger partial charge in [-0.25, -0.2) is 0 Å². The molecule has 1 atom stereocenters. The number of hydrogen-bond donors (Lipinski definition) is 1. The lowest BCUT2D eigenvalue weighted by molar-refractivity contribution is -0.126. The van der Waals surface area contributed by atoms with E-state index >= 15 is 0 Å². The highest BCUT2D eigenvalue weighted by atomic mass is 35.5. The molecule has 0 bridgehead atoms. The second kappa shape index (κ2) is 7.12. The SMILES string of the molecule is O=C(NCC(=O)N1CCc2ccccc21)C(c1ccc(Cl)cc1)C1CC1. The summed E-state index contributed by atoms with van der Waals surface area (Å²) in [6.45, 7) is 0.710. The average molecular weight is 369 g/mol. The molecule has 1 aliphatic carbocycles. The second-order valence-electron chi connectivity index (χ2n) is 7.01. The predicted octanol–water partition coefficient (Wildman–Crippen LogP) is 3.54. The number of anilines is 1. The normalized spacial score (nSPS) is 16.9. The molecule has 1 aliphatic heterocycles. The second-order valence-corrected chi connectivity index (χ2v) is 7.44. The van der Waals surface area contributed by atoms with Crippen molar-refractivity contribution in [2.45, 2.75) is 25.2 Å². The summed E-state index contributed by atoms with van der Waals surface area (Å²) in [4.78, 5) is 27.1. The number of fused-ring (bicyclic) bond motifs is 1. The third kappa shape index (κ3) is 3.47. The Kier molecular flexibility index (Phi) is 4.68. The quantitative estimate of drug-likeness (QED) is 0.877. The first-order valence-corrected chi connectivity index (χ1v) is 9.43. The third-order valence-electron chi connectivity index (χ3n) is 5.21. The van der Waals surface area contributed by atoms with E-state index in [0.29, 0.717) is 17.5 Å². The summed E-state index contributed by atoms with van der Waals surface area (Å²) in [6.07, 6.45) is 2.97. The summed E-state index contributed by atoms with van der Waals surface area (Å²) in [5, 5.41) is 3.52. The Balaban J connectivity index is 1.41. The Morgan fingerprint density at radius 2 is 1.85 bits per heavy atom. The highest BCUT2D eigenvalue weighted by Gasteiger charge is 2.37. The van der Waals surface area contributed by atoms with Gasteiger partial charge in [-0.3, -0.25) is 9.59 Å². The van der Waals surface area contributed by atoms with Crippen molar-refractivity contribution in [1.29, 1.82) is 0 Å². The van der Waals surface area contributed by atoms with Crippen molar-refractivity contribution in [3.8, 4) is 0 Å².